The maximum absolute atomic E-state index is 12.3. The molecule has 7 nitrogen and oxygen atoms in total. The predicted molar refractivity (Wildman–Crippen MR) is 96.7 cm³/mol. The molecular weight excluding hydrogens is 336 g/mol. The van der Waals surface area contributed by atoms with Crippen molar-refractivity contribution in [3.05, 3.63) is 34.5 Å². The van der Waals surface area contributed by atoms with Gasteiger partial charge in [-0.15, -0.1) is 11.3 Å². The zero-order valence-corrected chi connectivity index (χ0v) is 15.2. The minimum atomic E-state index is 0.219. The minimum absolute atomic E-state index is 0.219. The largest absolute Gasteiger partial charge is 0.339 e. The number of nitrogens with zero attached hydrogens (tertiary/aromatic N) is 6. The lowest BCUT2D eigenvalue weighted by atomic mass is 10.1. The third-order valence-corrected chi connectivity index (χ3v) is 5.79. The molecule has 4 rings (SSSR count). The van der Waals surface area contributed by atoms with E-state index in [4.69, 9.17) is 0 Å². The molecule has 0 atom stereocenters. The van der Waals surface area contributed by atoms with Crippen LogP contribution in [0.2, 0.25) is 0 Å². The number of thiazole rings is 1. The Morgan fingerprint density at radius 3 is 2.52 bits per heavy atom. The fourth-order valence-corrected chi connectivity index (χ4v) is 4.17. The highest BCUT2D eigenvalue weighted by Crippen LogP contribution is 2.20. The van der Waals surface area contributed by atoms with Crippen molar-refractivity contribution in [3.8, 4) is 0 Å². The molecule has 25 heavy (non-hydrogen) atoms. The Morgan fingerprint density at radius 1 is 1.16 bits per heavy atom. The van der Waals surface area contributed by atoms with Crippen LogP contribution >= 0.6 is 11.3 Å². The number of rotatable bonds is 4. The normalized spacial score (nSPS) is 19.1. The molecule has 1 amide bonds. The quantitative estimate of drug-likeness (QED) is 0.806. The van der Waals surface area contributed by atoms with Crippen LogP contribution in [-0.2, 0) is 11.2 Å². The number of anilines is 1. The van der Waals surface area contributed by atoms with E-state index in [-0.39, 0.29) is 5.91 Å². The predicted octanol–water partition coefficient (Wildman–Crippen LogP) is 0.817. The molecule has 0 unspecified atom stereocenters. The van der Waals surface area contributed by atoms with E-state index in [1.807, 2.05) is 24.1 Å². The van der Waals surface area contributed by atoms with Gasteiger partial charge in [-0.05, 0) is 13.0 Å². The molecule has 0 aromatic carbocycles. The first-order valence-electron chi connectivity index (χ1n) is 8.64. The Hall–Kier alpha value is -2.06. The van der Waals surface area contributed by atoms with Crippen molar-refractivity contribution in [3.63, 3.8) is 0 Å². The number of piperazine rings is 1. The number of aryl methyl sites for hydroxylation is 1. The van der Waals surface area contributed by atoms with E-state index < -0.39 is 0 Å². The minimum Gasteiger partial charge on any atom is -0.339 e. The molecule has 2 fully saturated rings. The molecule has 0 bridgehead atoms. The molecule has 0 radical (unpaired) electrons. The lowest BCUT2D eigenvalue weighted by Crippen LogP contribution is -2.64. The van der Waals surface area contributed by atoms with E-state index in [2.05, 4.69) is 24.8 Å². The number of hydrogen-bond donors (Lipinski definition) is 0. The maximum atomic E-state index is 12.3. The second-order valence-electron chi connectivity index (χ2n) is 6.55. The van der Waals surface area contributed by atoms with Crippen LogP contribution in [0.3, 0.4) is 0 Å². The SMILES string of the molecule is Cc1ncc(CC(=O)N2CC(N3CCN(c4ncccn4)CC3)C2)s1. The van der Waals surface area contributed by atoms with Gasteiger partial charge in [0.2, 0.25) is 11.9 Å². The van der Waals surface area contributed by atoms with Crippen molar-refractivity contribution in [2.75, 3.05) is 44.2 Å². The van der Waals surface area contributed by atoms with Gasteiger partial charge in [-0.1, -0.05) is 0 Å². The van der Waals surface area contributed by atoms with Gasteiger partial charge < -0.3 is 9.80 Å². The van der Waals surface area contributed by atoms with Gasteiger partial charge in [-0.3, -0.25) is 9.69 Å². The number of carbonyl (C=O) groups is 1. The molecule has 8 heteroatoms. The molecule has 0 aliphatic carbocycles. The summed E-state index contributed by atoms with van der Waals surface area (Å²) < 4.78 is 0. The lowest BCUT2D eigenvalue weighted by Gasteiger charge is -2.48. The summed E-state index contributed by atoms with van der Waals surface area (Å²) in [5.74, 6) is 1.03. The van der Waals surface area contributed by atoms with Gasteiger partial charge in [-0.2, -0.15) is 0 Å². The van der Waals surface area contributed by atoms with Crippen LogP contribution < -0.4 is 4.90 Å². The third kappa shape index (κ3) is 3.64. The van der Waals surface area contributed by atoms with Gasteiger partial charge in [0.15, 0.2) is 0 Å². The van der Waals surface area contributed by atoms with Crippen LogP contribution in [-0.4, -0.2) is 76.0 Å². The summed E-state index contributed by atoms with van der Waals surface area (Å²) in [5, 5.41) is 1.02. The average Bonchev–Trinajstić information content (AvgIpc) is 3.00. The Bertz CT molecular complexity index is 722. The molecule has 132 valence electrons. The summed E-state index contributed by atoms with van der Waals surface area (Å²) in [4.78, 5) is 32.9. The topological polar surface area (TPSA) is 65.5 Å². The molecule has 4 heterocycles. The van der Waals surface area contributed by atoms with Crippen molar-refractivity contribution in [1.82, 2.24) is 24.8 Å². The Kier molecular flexibility index (Phi) is 4.63. The highest BCUT2D eigenvalue weighted by atomic mass is 32.1. The molecule has 2 aromatic heterocycles. The molecule has 0 spiro atoms. The number of likely N-dealkylation sites (tertiary alicyclic amines) is 1. The first-order chi connectivity index (χ1) is 12.2. The third-order valence-electron chi connectivity index (χ3n) is 4.88. The van der Waals surface area contributed by atoms with Crippen molar-refractivity contribution in [2.45, 2.75) is 19.4 Å². The highest BCUT2D eigenvalue weighted by molar-refractivity contribution is 7.11. The smallest absolute Gasteiger partial charge is 0.227 e. The summed E-state index contributed by atoms with van der Waals surface area (Å²) in [7, 11) is 0. The van der Waals surface area contributed by atoms with Gasteiger partial charge in [0, 0.05) is 68.8 Å². The van der Waals surface area contributed by atoms with E-state index in [0.29, 0.717) is 12.5 Å². The van der Waals surface area contributed by atoms with Crippen molar-refractivity contribution in [1.29, 1.82) is 0 Å². The molecular formula is C17H22N6OS. The van der Waals surface area contributed by atoms with Gasteiger partial charge in [-0.25, -0.2) is 15.0 Å². The summed E-state index contributed by atoms with van der Waals surface area (Å²) in [6, 6.07) is 2.33. The van der Waals surface area contributed by atoms with Crippen molar-refractivity contribution < 1.29 is 4.79 Å². The van der Waals surface area contributed by atoms with E-state index in [1.165, 1.54) is 0 Å². The van der Waals surface area contributed by atoms with Crippen LogP contribution in [0.1, 0.15) is 9.88 Å². The van der Waals surface area contributed by atoms with Crippen LogP contribution in [0.5, 0.6) is 0 Å². The Labute approximate surface area is 151 Å². The molecule has 2 saturated heterocycles. The Balaban J connectivity index is 1.23. The van der Waals surface area contributed by atoms with Crippen molar-refractivity contribution >= 4 is 23.2 Å². The van der Waals surface area contributed by atoms with Crippen LogP contribution in [0.25, 0.3) is 0 Å². The van der Waals surface area contributed by atoms with Crippen molar-refractivity contribution in [2.24, 2.45) is 0 Å². The van der Waals surface area contributed by atoms with Gasteiger partial charge in [0.25, 0.3) is 0 Å². The number of aromatic nitrogens is 3. The zero-order valence-electron chi connectivity index (χ0n) is 14.3. The average molecular weight is 358 g/mol. The zero-order chi connectivity index (χ0) is 17.2. The molecule has 0 N–H and O–H groups in total. The van der Waals surface area contributed by atoms with Gasteiger partial charge >= 0.3 is 0 Å². The number of hydrogen-bond acceptors (Lipinski definition) is 7. The second kappa shape index (κ2) is 7.05. The standard InChI is InChI=1S/C17H22N6OS/c1-13-20-10-15(25-13)9-16(24)23-11-14(12-23)21-5-7-22(8-6-21)17-18-3-2-4-19-17/h2-4,10,14H,5-9,11-12H2,1H3. The second-order valence-corrected chi connectivity index (χ2v) is 7.87. The van der Waals surface area contributed by atoms with E-state index in [9.17, 15) is 4.79 Å². The summed E-state index contributed by atoms with van der Waals surface area (Å²) in [6.45, 7) is 7.54. The summed E-state index contributed by atoms with van der Waals surface area (Å²) in [5.41, 5.74) is 0. The molecule has 2 aliphatic rings. The fourth-order valence-electron chi connectivity index (χ4n) is 3.38. The van der Waals surface area contributed by atoms with Crippen LogP contribution in [0.15, 0.2) is 24.7 Å². The maximum Gasteiger partial charge on any atom is 0.227 e. The summed E-state index contributed by atoms with van der Waals surface area (Å²) >= 11 is 1.61. The van der Waals surface area contributed by atoms with Gasteiger partial charge in [0.1, 0.15) is 0 Å². The van der Waals surface area contributed by atoms with E-state index >= 15 is 0 Å². The molecule has 2 aromatic rings. The van der Waals surface area contributed by atoms with E-state index in [1.54, 1.807) is 23.7 Å². The van der Waals surface area contributed by atoms with Crippen LogP contribution in [0.4, 0.5) is 5.95 Å². The fraction of sp³-hybridized carbons (Fsp3) is 0.529. The first kappa shape index (κ1) is 16.4. The van der Waals surface area contributed by atoms with E-state index in [0.717, 1.165) is 55.1 Å². The van der Waals surface area contributed by atoms with Crippen LogP contribution in [0, 0.1) is 6.92 Å². The monoisotopic (exact) mass is 358 g/mol. The molecule has 2 aliphatic heterocycles. The summed E-state index contributed by atoms with van der Waals surface area (Å²) in [6.07, 6.45) is 5.88. The lowest BCUT2D eigenvalue weighted by molar-refractivity contribution is -0.137. The highest BCUT2D eigenvalue weighted by Gasteiger charge is 2.36. The number of amides is 1. The van der Waals surface area contributed by atoms with Gasteiger partial charge in [0.05, 0.1) is 11.4 Å². The Morgan fingerprint density at radius 2 is 1.88 bits per heavy atom. The first-order valence-corrected chi connectivity index (χ1v) is 9.46. The molecule has 0 saturated carbocycles. The number of carbonyl (C=O) groups excluding carboxylic acids is 1.